The number of pyridine rings is 1. The molecule has 7 heteroatoms. The number of carbonyl (C=O) groups excluding carboxylic acids is 1. The van der Waals surface area contributed by atoms with Crippen LogP contribution < -0.4 is 10.6 Å². The Morgan fingerprint density at radius 3 is 2.75 bits per heavy atom. The Morgan fingerprint density at radius 2 is 2.04 bits per heavy atom. The molecule has 2 aromatic rings. The average Bonchev–Trinajstić information content (AvgIpc) is 2.91. The molecule has 1 amide bonds. The lowest BCUT2D eigenvalue weighted by atomic mass is 9.87. The topological polar surface area (TPSA) is 63.2 Å². The van der Waals surface area contributed by atoms with Crippen molar-refractivity contribution in [2.75, 3.05) is 12.4 Å². The summed E-state index contributed by atoms with van der Waals surface area (Å²) < 4.78 is 6.38. The number of hydrogen-bond donors (Lipinski definition) is 2. The maximum Gasteiger partial charge on any atom is 0.265 e. The van der Waals surface area contributed by atoms with Crippen molar-refractivity contribution in [3.8, 4) is 0 Å². The summed E-state index contributed by atoms with van der Waals surface area (Å²) in [5.74, 6) is 0.0193. The molecule has 0 bridgehead atoms. The van der Waals surface area contributed by atoms with Gasteiger partial charge >= 0.3 is 0 Å². The van der Waals surface area contributed by atoms with Crippen LogP contribution in [-0.4, -0.2) is 23.7 Å². The fourth-order valence-corrected chi connectivity index (χ4v) is 5.32. The van der Waals surface area contributed by atoms with E-state index in [0.29, 0.717) is 6.61 Å². The highest BCUT2D eigenvalue weighted by atomic mass is 79.9. The first-order valence-corrected chi connectivity index (χ1v) is 9.87. The number of hydrogen-bond acceptors (Lipinski definition) is 5. The Bertz CT molecular complexity index is 827. The number of halogens is 1. The minimum Gasteiger partial charge on any atom is -0.380 e. The first kappa shape index (κ1) is 16.3. The van der Waals surface area contributed by atoms with Gasteiger partial charge in [0.05, 0.1) is 18.0 Å². The van der Waals surface area contributed by atoms with Gasteiger partial charge in [-0.2, -0.15) is 0 Å². The van der Waals surface area contributed by atoms with Gasteiger partial charge in [-0.15, -0.1) is 11.3 Å². The number of aromatic nitrogens is 1. The quantitative estimate of drug-likeness (QED) is 0.774. The molecular weight excluding hydrogens is 390 g/mol. The molecule has 1 aliphatic heterocycles. The van der Waals surface area contributed by atoms with Crippen molar-refractivity contribution >= 4 is 49.1 Å². The lowest BCUT2D eigenvalue weighted by Crippen LogP contribution is -2.58. The Labute approximate surface area is 153 Å². The van der Waals surface area contributed by atoms with Crippen molar-refractivity contribution in [1.82, 2.24) is 10.3 Å². The van der Waals surface area contributed by atoms with Crippen LogP contribution in [0.3, 0.4) is 0 Å². The highest BCUT2D eigenvalue weighted by Crippen LogP contribution is 2.45. The van der Waals surface area contributed by atoms with Gasteiger partial charge in [0.25, 0.3) is 5.91 Å². The Kier molecular flexibility index (Phi) is 4.05. The monoisotopic (exact) mass is 409 g/mol. The van der Waals surface area contributed by atoms with Gasteiger partial charge in [0.2, 0.25) is 0 Å². The number of rotatable bonds is 2. The zero-order chi connectivity index (χ0) is 16.9. The lowest BCUT2D eigenvalue weighted by Gasteiger charge is -2.42. The van der Waals surface area contributed by atoms with E-state index >= 15 is 0 Å². The van der Waals surface area contributed by atoms with Gasteiger partial charge in [-0.3, -0.25) is 4.79 Å². The number of fused-ring (bicyclic) bond motifs is 3. The summed E-state index contributed by atoms with van der Waals surface area (Å²) in [6.45, 7) is 2.46. The predicted octanol–water partition coefficient (Wildman–Crippen LogP) is 4.33. The van der Waals surface area contributed by atoms with Crippen LogP contribution in [0.1, 0.15) is 53.0 Å². The van der Waals surface area contributed by atoms with E-state index in [-0.39, 0.29) is 11.6 Å². The van der Waals surface area contributed by atoms with Gasteiger partial charge in [-0.25, -0.2) is 4.98 Å². The first-order valence-electron chi connectivity index (χ1n) is 8.26. The molecule has 1 spiro atoms. The predicted molar refractivity (Wildman–Crippen MR) is 99.7 cm³/mol. The van der Waals surface area contributed by atoms with E-state index in [1.165, 1.54) is 17.8 Å². The molecule has 0 saturated heterocycles. The molecule has 4 rings (SSSR count). The van der Waals surface area contributed by atoms with Gasteiger partial charge in [0, 0.05) is 22.5 Å². The number of anilines is 1. The third-order valence-corrected chi connectivity index (χ3v) is 7.10. The van der Waals surface area contributed by atoms with Gasteiger partial charge in [0.1, 0.15) is 15.4 Å². The molecule has 0 aromatic carbocycles. The fraction of sp³-hybridized carbons (Fsp3) is 0.529. The zero-order valence-electron chi connectivity index (χ0n) is 13.8. The maximum absolute atomic E-state index is 12.8. The molecule has 0 radical (unpaired) electrons. The Hall–Kier alpha value is -1.18. The lowest BCUT2D eigenvalue weighted by molar-refractivity contribution is 0.0881. The molecule has 1 fully saturated rings. The molecule has 128 valence electrons. The van der Waals surface area contributed by atoms with E-state index < -0.39 is 0 Å². The Morgan fingerprint density at radius 1 is 1.29 bits per heavy atom. The average molecular weight is 410 g/mol. The molecule has 0 atom stereocenters. The minimum atomic E-state index is -0.307. The number of thiophene rings is 1. The first-order chi connectivity index (χ1) is 11.5. The molecular formula is C17H20BrN3O2S. The fourth-order valence-electron chi connectivity index (χ4n) is 3.82. The smallest absolute Gasteiger partial charge is 0.265 e. The summed E-state index contributed by atoms with van der Waals surface area (Å²) in [6, 6.07) is 0. The van der Waals surface area contributed by atoms with Crippen LogP contribution in [0.4, 0.5) is 5.69 Å². The summed E-state index contributed by atoms with van der Waals surface area (Å²) in [5.41, 5.74) is 2.60. The van der Waals surface area contributed by atoms with Crippen molar-refractivity contribution in [2.24, 2.45) is 0 Å². The number of ether oxygens (including phenoxy) is 1. The molecule has 2 aromatic heterocycles. The minimum absolute atomic E-state index is 0.0193. The highest BCUT2D eigenvalue weighted by molar-refractivity contribution is 9.10. The molecule has 0 unspecified atom stereocenters. The van der Waals surface area contributed by atoms with Crippen LogP contribution in [-0.2, 0) is 11.3 Å². The van der Waals surface area contributed by atoms with Crippen molar-refractivity contribution in [3.63, 3.8) is 0 Å². The molecule has 1 aliphatic carbocycles. The van der Waals surface area contributed by atoms with Crippen LogP contribution in [0, 0.1) is 6.92 Å². The molecule has 5 nitrogen and oxygen atoms in total. The van der Waals surface area contributed by atoms with Crippen molar-refractivity contribution in [3.05, 3.63) is 20.6 Å². The number of carbonyl (C=O) groups is 1. The number of nitrogens with one attached hydrogen (secondary N) is 2. The maximum atomic E-state index is 12.8. The SMILES string of the molecule is COCc1c(Br)c(C)nc2sc3c(c12)NC1(CCCCC1)NC3=O. The van der Waals surface area contributed by atoms with Crippen molar-refractivity contribution < 1.29 is 9.53 Å². The number of nitrogens with zero attached hydrogens (tertiary/aromatic N) is 1. The van der Waals surface area contributed by atoms with E-state index in [1.54, 1.807) is 7.11 Å². The second kappa shape index (κ2) is 5.97. The van der Waals surface area contributed by atoms with Crippen LogP contribution >= 0.6 is 27.3 Å². The molecule has 2 N–H and O–H groups in total. The van der Waals surface area contributed by atoms with Gasteiger partial charge in [-0.1, -0.05) is 6.42 Å². The van der Waals surface area contributed by atoms with E-state index in [0.717, 1.165) is 62.2 Å². The van der Waals surface area contributed by atoms with Crippen LogP contribution in [0.5, 0.6) is 0 Å². The number of amides is 1. The van der Waals surface area contributed by atoms with E-state index in [2.05, 4.69) is 31.5 Å². The second-order valence-electron chi connectivity index (χ2n) is 6.63. The number of aryl methyl sites for hydroxylation is 1. The van der Waals surface area contributed by atoms with E-state index in [9.17, 15) is 4.79 Å². The molecule has 2 aliphatic rings. The largest absolute Gasteiger partial charge is 0.380 e. The summed E-state index contributed by atoms with van der Waals surface area (Å²) >= 11 is 5.11. The zero-order valence-corrected chi connectivity index (χ0v) is 16.2. The summed E-state index contributed by atoms with van der Waals surface area (Å²) in [5, 5.41) is 7.91. The molecule has 24 heavy (non-hydrogen) atoms. The second-order valence-corrected chi connectivity index (χ2v) is 8.42. The third-order valence-electron chi connectivity index (χ3n) is 4.96. The van der Waals surface area contributed by atoms with Gasteiger partial charge in [0.15, 0.2) is 0 Å². The standard InChI is InChI=1S/C17H20BrN3O2S/c1-9-12(18)10(8-23-2)11-13-14(24-16(11)19-9)15(22)21-17(20-13)6-4-3-5-7-17/h20H,3-8H2,1-2H3,(H,21,22). The van der Waals surface area contributed by atoms with Gasteiger partial charge < -0.3 is 15.4 Å². The molecule has 3 heterocycles. The van der Waals surface area contributed by atoms with E-state index in [1.807, 2.05) is 6.92 Å². The van der Waals surface area contributed by atoms with E-state index in [4.69, 9.17) is 4.74 Å². The van der Waals surface area contributed by atoms with Crippen LogP contribution in [0.15, 0.2) is 4.47 Å². The Balaban J connectivity index is 1.93. The third kappa shape index (κ3) is 2.45. The van der Waals surface area contributed by atoms with Crippen LogP contribution in [0.2, 0.25) is 0 Å². The van der Waals surface area contributed by atoms with Crippen molar-refractivity contribution in [2.45, 2.75) is 51.3 Å². The summed E-state index contributed by atoms with van der Waals surface area (Å²) in [4.78, 5) is 19.1. The molecule has 1 saturated carbocycles. The number of methoxy groups -OCH3 is 1. The highest BCUT2D eigenvalue weighted by Gasteiger charge is 2.40. The van der Waals surface area contributed by atoms with Crippen molar-refractivity contribution in [1.29, 1.82) is 0 Å². The van der Waals surface area contributed by atoms with Gasteiger partial charge in [-0.05, 0) is 48.5 Å². The summed E-state index contributed by atoms with van der Waals surface area (Å²) in [6.07, 6.45) is 5.44. The van der Waals surface area contributed by atoms with Crippen LogP contribution in [0.25, 0.3) is 10.2 Å². The summed E-state index contributed by atoms with van der Waals surface area (Å²) in [7, 11) is 1.69. The normalized spacial score (nSPS) is 19.2.